The van der Waals surface area contributed by atoms with Crippen molar-refractivity contribution in [1.29, 1.82) is 0 Å². The van der Waals surface area contributed by atoms with E-state index in [0.717, 1.165) is 32.1 Å². The quantitative estimate of drug-likeness (QED) is 0.432. The van der Waals surface area contributed by atoms with Crippen molar-refractivity contribution < 1.29 is 24.1 Å². The van der Waals surface area contributed by atoms with Crippen LogP contribution in [0.4, 0.5) is 0 Å². The van der Waals surface area contributed by atoms with Crippen molar-refractivity contribution in [3.63, 3.8) is 0 Å². The fourth-order valence-corrected chi connectivity index (χ4v) is 4.69. The van der Waals surface area contributed by atoms with Gasteiger partial charge >= 0.3 is 0 Å². The van der Waals surface area contributed by atoms with Crippen molar-refractivity contribution >= 4 is 8.32 Å². The molecule has 0 amide bonds. The minimum atomic E-state index is -1.69. The van der Waals surface area contributed by atoms with Crippen LogP contribution in [-0.4, -0.2) is 55.3 Å². The van der Waals surface area contributed by atoms with Gasteiger partial charge < -0.3 is 24.1 Å². The van der Waals surface area contributed by atoms with Gasteiger partial charge in [-0.3, -0.25) is 0 Å². The number of aliphatic hydroxyl groups excluding tert-OH is 2. The molecule has 0 aromatic heterocycles. The van der Waals surface area contributed by atoms with Crippen LogP contribution in [0.1, 0.15) is 73.6 Å². The molecule has 0 unspecified atom stereocenters. The predicted molar refractivity (Wildman–Crippen MR) is 108 cm³/mol. The summed E-state index contributed by atoms with van der Waals surface area (Å²) in [5.74, 6) is -0.697. The standard InChI is InChI=1S/C20H42O5Si/c1-15(25-26(7,8)19(2,3)4)12-10-9-11-13-17-18(16(22)14-21)24-20(5,6)23-17/h15-18,21-22H,9-14H2,1-8H3/t15-,16-,17+,18-/m1/s1. The van der Waals surface area contributed by atoms with Crippen molar-refractivity contribution in [2.24, 2.45) is 0 Å². The number of hydrogen-bond acceptors (Lipinski definition) is 5. The molecule has 6 heteroatoms. The van der Waals surface area contributed by atoms with E-state index < -0.39 is 26.3 Å². The first-order valence-electron chi connectivity index (χ1n) is 10.1. The van der Waals surface area contributed by atoms with Gasteiger partial charge in [-0.1, -0.05) is 40.0 Å². The van der Waals surface area contributed by atoms with E-state index in [9.17, 15) is 10.2 Å². The van der Waals surface area contributed by atoms with E-state index in [2.05, 4.69) is 40.8 Å². The van der Waals surface area contributed by atoms with Crippen LogP contribution in [0.15, 0.2) is 0 Å². The molecule has 26 heavy (non-hydrogen) atoms. The van der Waals surface area contributed by atoms with Crippen molar-refractivity contribution in [3.8, 4) is 0 Å². The maximum Gasteiger partial charge on any atom is 0.192 e. The van der Waals surface area contributed by atoms with Crippen molar-refractivity contribution in [1.82, 2.24) is 0 Å². The van der Waals surface area contributed by atoms with E-state index in [-0.39, 0.29) is 17.7 Å². The third kappa shape index (κ3) is 7.21. The number of unbranched alkanes of at least 4 members (excludes halogenated alkanes) is 2. The molecule has 1 rings (SSSR count). The summed E-state index contributed by atoms with van der Waals surface area (Å²) in [6, 6.07) is 0. The summed E-state index contributed by atoms with van der Waals surface area (Å²) in [5.41, 5.74) is 0. The van der Waals surface area contributed by atoms with Gasteiger partial charge in [0.2, 0.25) is 0 Å². The summed E-state index contributed by atoms with van der Waals surface area (Å²) >= 11 is 0. The lowest BCUT2D eigenvalue weighted by Gasteiger charge is -2.38. The lowest BCUT2D eigenvalue weighted by Crippen LogP contribution is -2.43. The smallest absolute Gasteiger partial charge is 0.192 e. The van der Waals surface area contributed by atoms with Gasteiger partial charge in [0, 0.05) is 6.10 Å². The maximum absolute atomic E-state index is 9.94. The second kappa shape index (κ2) is 9.48. The van der Waals surface area contributed by atoms with Gasteiger partial charge in [-0.25, -0.2) is 0 Å². The van der Waals surface area contributed by atoms with Crippen LogP contribution in [0.3, 0.4) is 0 Å². The third-order valence-corrected chi connectivity index (χ3v) is 10.3. The number of hydrogen-bond donors (Lipinski definition) is 2. The Bertz CT molecular complexity index is 419. The number of ether oxygens (including phenoxy) is 2. The normalized spacial score (nSPS) is 26.1. The SMILES string of the molecule is C[C@H](CCCCC[C@@H]1OC(C)(C)O[C@@H]1[C@H](O)CO)O[Si](C)(C)C(C)(C)C. The Hall–Kier alpha value is 0.0169. The zero-order valence-electron chi connectivity index (χ0n) is 18.2. The molecule has 0 spiro atoms. The Morgan fingerprint density at radius 2 is 1.73 bits per heavy atom. The first-order chi connectivity index (χ1) is 11.8. The van der Waals surface area contributed by atoms with E-state index >= 15 is 0 Å². The average Bonchev–Trinajstić information content (AvgIpc) is 2.79. The fourth-order valence-electron chi connectivity index (χ4n) is 3.21. The molecule has 0 aromatic rings. The highest BCUT2D eigenvalue weighted by atomic mass is 28.4. The highest BCUT2D eigenvalue weighted by molar-refractivity contribution is 6.74. The molecule has 4 atom stereocenters. The topological polar surface area (TPSA) is 68.2 Å². The molecule has 0 bridgehead atoms. The second-order valence-corrected chi connectivity index (χ2v) is 14.5. The summed E-state index contributed by atoms with van der Waals surface area (Å²) in [4.78, 5) is 0. The Kier molecular flexibility index (Phi) is 8.77. The summed E-state index contributed by atoms with van der Waals surface area (Å²) < 4.78 is 18.1. The van der Waals surface area contributed by atoms with Gasteiger partial charge in [0.25, 0.3) is 0 Å². The molecule has 1 saturated heterocycles. The second-order valence-electron chi connectivity index (χ2n) is 9.72. The zero-order chi connectivity index (χ0) is 20.2. The Labute approximate surface area is 161 Å². The van der Waals surface area contributed by atoms with Crippen LogP contribution in [0, 0.1) is 0 Å². The largest absolute Gasteiger partial charge is 0.414 e. The monoisotopic (exact) mass is 390 g/mol. The summed E-state index contributed by atoms with van der Waals surface area (Å²) in [5, 5.41) is 19.4. The molecular formula is C20H42O5Si. The molecule has 2 N–H and O–H groups in total. The number of aliphatic hydroxyl groups is 2. The van der Waals surface area contributed by atoms with Gasteiger partial charge in [0.1, 0.15) is 12.2 Å². The van der Waals surface area contributed by atoms with E-state index in [1.807, 2.05) is 13.8 Å². The Balaban J connectivity index is 2.31. The lowest BCUT2D eigenvalue weighted by atomic mass is 10.0. The molecule has 5 nitrogen and oxygen atoms in total. The molecule has 0 radical (unpaired) electrons. The zero-order valence-corrected chi connectivity index (χ0v) is 19.2. The van der Waals surface area contributed by atoms with Gasteiger partial charge in [-0.15, -0.1) is 0 Å². The van der Waals surface area contributed by atoms with Crippen LogP contribution in [-0.2, 0) is 13.9 Å². The van der Waals surface area contributed by atoms with E-state index in [4.69, 9.17) is 13.9 Å². The maximum atomic E-state index is 9.94. The summed E-state index contributed by atoms with van der Waals surface area (Å²) in [6.07, 6.45) is 3.96. The molecule has 0 aliphatic carbocycles. The van der Waals surface area contributed by atoms with E-state index in [1.165, 1.54) is 0 Å². The molecule has 1 heterocycles. The van der Waals surface area contributed by atoms with Gasteiger partial charge in [-0.05, 0) is 51.7 Å². The highest BCUT2D eigenvalue weighted by Gasteiger charge is 2.44. The van der Waals surface area contributed by atoms with Crippen LogP contribution < -0.4 is 0 Å². The summed E-state index contributed by atoms with van der Waals surface area (Å²) in [6.45, 7) is 17.0. The molecule has 156 valence electrons. The third-order valence-electron chi connectivity index (χ3n) is 5.69. The molecule has 1 aliphatic rings. The Morgan fingerprint density at radius 1 is 1.12 bits per heavy atom. The van der Waals surface area contributed by atoms with Crippen molar-refractivity contribution in [3.05, 3.63) is 0 Å². The molecule has 1 aliphatic heterocycles. The lowest BCUT2D eigenvalue weighted by molar-refractivity contribution is -0.157. The van der Waals surface area contributed by atoms with Gasteiger partial charge in [0.05, 0.1) is 12.7 Å². The highest BCUT2D eigenvalue weighted by Crippen LogP contribution is 2.38. The fraction of sp³-hybridized carbons (Fsp3) is 1.00. The minimum absolute atomic E-state index is 0.159. The predicted octanol–water partition coefficient (Wildman–Crippen LogP) is 4.22. The van der Waals surface area contributed by atoms with Crippen LogP contribution in [0.25, 0.3) is 0 Å². The first-order valence-corrected chi connectivity index (χ1v) is 13.0. The average molecular weight is 391 g/mol. The van der Waals surface area contributed by atoms with Crippen LogP contribution in [0.5, 0.6) is 0 Å². The first kappa shape index (κ1) is 24.1. The van der Waals surface area contributed by atoms with Crippen molar-refractivity contribution in [2.75, 3.05) is 6.61 Å². The van der Waals surface area contributed by atoms with E-state index in [0.29, 0.717) is 6.10 Å². The van der Waals surface area contributed by atoms with E-state index in [1.54, 1.807) is 0 Å². The van der Waals surface area contributed by atoms with Crippen LogP contribution in [0.2, 0.25) is 18.1 Å². The Morgan fingerprint density at radius 3 is 2.27 bits per heavy atom. The van der Waals surface area contributed by atoms with Crippen molar-refractivity contribution in [2.45, 2.75) is 122 Å². The molecule has 0 aromatic carbocycles. The summed E-state index contributed by atoms with van der Waals surface area (Å²) in [7, 11) is -1.69. The van der Waals surface area contributed by atoms with Gasteiger partial charge in [-0.2, -0.15) is 0 Å². The molecular weight excluding hydrogens is 348 g/mol. The van der Waals surface area contributed by atoms with Gasteiger partial charge in [0.15, 0.2) is 14.1 Å². The molecule has 0 saturated carbocycles. The number of rotatable bonds is 10. The minimum Gasteiger partial charge on any atom is -0.414 e. The molecule has 1 fully saturated rings. The van der Waals surface area contributed by atoms with Crippen LogP contribution >= 0.6 is 0 Å².